The monoisotopic (exact) mass is 391 g/mol. The van der Waals surface area contributed by atoms with E-state index in [1.165, 1.54) is 32.3 Å². The normalized spacial score (nSPS) is 17.5. The van der Waals surface area contributed by atoms with Gasteiger partial charge in [-0.25, -0.2) is 8.78 Å². The van der Waals surface area contributed by atoms with E-state index in [1.807, 2.05) is 0 Å². The van der Waals surface area contributed by atoms with Crippen LogP contribution in [-0.4, -0.2) is 28.2 Å². The first kappa shape index (κ1) is 21.0. The Bertz CT molecular complexity index is 814. The summed E-state index contributed by atoms with van der Waals surface area (Å²) in [5.74, 6) is -0.362. The van der Waals surface area contributed by atoms with Gasteiger partial charge in [0.15, 0.2) is 10.8 Å². The lowest BCUT2D eigenvalue weighted by Crippen LogP contribution is -2.45. The van der Waals surface area contributed by atoms with Crippen molar-refractivity contribution in [1.82, 2.24) is 10.3 Å². The van der Waals surface area contributed by atoms with Crippen molar-refractivity contribution in [3.05, 3.63) is 65.7 Å². The molecule has 1 aromatic carbocycles. The number of hydrogen-bond donors (Lipinski definition) is 1. The molecule has 2 rings (SSSR count). The number of nitrogens with one attached hydrogen (secondary N) is 1. The molecule has 4 nitrogen and oxygen atoms in total. The number of thioether (sulfide) groups is 1. The van der Waals surface area contributed by atoms with Gasteiger partial charge in [-0.2, -0.15) is 0 Å². The first-order chi connectivity index (χ1) is 12.7. The van der Waals surface area contributed by atoms with Crippen LogP contribution in [0.2, 0.25) is 0 Å². The van der Waals surface area contributed by atoms with Gasteiger partial charge >= 0.3 is 0 Å². The summed E-state index contributed by atoms with van der Waals surface area (Å²) in [5, 5.41) is 3.23. The van der Waals surface area contributed by atoms with E-state index in [2.05, 4.69) is 15.3 Å². The van der Waals surface area contributed by atoms with Crippen LogP contribution in [0.4, 0.5) is 8.78 Å². The Labute approximate surface area is 162 Å². The molecular formula is C20H23F2N3OS. The van der Waals surface area contributed by atoms with Crippen LogP contribution >= 0.6 is 11.8 Å². The maximum Gasteiger partial charge on any atom is 0.157 e. The number of halogens is 2. The van der Waals surface area contributed by atoms with E-state index in [4.69, 9.17) is 0 Å². The van der Waals surface area contributed by atoms with Crippen molar-refractivity contribution < 1.29 is 13.6 Å². The first-order valence-corrected chi connectivity index (χ1v) is 9.31. The average Bonchev–Trinajstić information content (AvgIpc) is 2.68. The van der Waals surface area contributed by atoms with Gasteiger partial charge in [-0.15, -0.1) is 0 Å². The second kappa shape index (κ2) is 8.61. The number of benzene rings is 1. The van der Waals surface area contributed by atoms with Gasteiger partial charge in [0.05, 0.1) is 6.04 Å². The van der Waals surface area contributed by atoms with Gasteiger partial charge in [0.2, 0.25) is 0 Å². The van der Waals surface area contributed by atoms with E-state index in [-0.39, 0.29) is 5.82 Å². The molecule has 27 heavy (non-hydrogen) atoms. The van der Waals surface area contributed by atoms with Gasteiger partial charge in [-0.05, 0) is 44.5 Å². The van der Waals surface area contributed by atoms with Gasteiger partial charge in [0.1, 0.15) is 16.9 Å². The summed E-state index contributed by atoms with van der Waals surface area (Å²) in [6.07, 6.45) is 3.55. The molecule has 0 bridgehead atoms. The fourth-order valence-electron chi connectivity index (χ4n) is 2.58. The summed E-state index contributed by atoms with van der Waals surface area (Å²) >= 11 is 0.976. The molecule has 1 N–H and O–H groups in total. The van der Waals surface area contributed by atoms with E-state index in [0.717, 1.165) is 11.8 Å². The zero-order valence-corrected chi connectivity index (χ0v) is 16.6. The number of aliphatic imine (C=N–C) groups is 1. The molecule has 0 radical (unpaired) electrons. The maximum absolute atomic E-state index is 15.7. The topological polar surface area (TPSA) is 54.4 Å². The highest BCUT2D eigenvalue weighted by Gasteiger charge is 2.48. The minimum Gasteiger partial charge on any atom is -0.368 e. The van der Waals surface area contributed by atoms with Crippen molar-refractivity contribution in [3.8, 4) is 0 Å². The average molecular weight is 391 g/mol. The molecule has 0 saturated heterocycles. The van der Waals surface area contributed by atoms with Crippen LogP contribution in [0.25, 0.3) is 0 Å². The molecule has 3 atom stereocenters. The van der Waals surface area contributed by atoms with E-state index >= 15 is 4.39 Å². The second-order valence-corrected chi connectivity index (χ2v) is 7.89. The standard InChI is InChI=1S/C20H23F2N3OS/c1-14(16-7-5-6-8-17(16)21)25-18(23-4)27-19(2,13-26)20(3,22)15-9-11-24-12-10-15/h5-14H,1-4H3,(H,23,25)/t14-,19?,20?/m0/s1. The Kier molecular flexibility index (Phi) is 6.70. The summed E-state index contributed by atoms with van der Waals surface area (Å²) in [6, 6.07) is 8.94. The van der Waals surface area contributed by atoms with Crippen LogP contribution in [0.5, 0.6) is 0 Å². The third-order valence-corrected chi connectivity index (χ3v) is 5.97. The molecule has 0 fully saturated rings. The molecule has 0 aliphatic carbocycles. The van der Waals surface area contributed by atoms with Crippen molar-refractivity contribution in [2.45, 2.75) is 37.2 Å². The molecule has 0 spiro atoms. The molecule has 0 amide bonds. The zero-order valence-electron chi connectivity index (χ0n) is 15.7. The highest BCUT2D eigenvalue weighted by atomic mass is 32.2. The highest BCUT2D eigenvalue weighted by molar-refractivity contribution is 8.15. The zero-order chi connectivity index (χ0) is 20.1. The van der Waals surface area contributed by atoms with Crippen molar-refractivity contribution in [1.29, 1.82) is 0 Å². The summed E-state index contributed by atoms with van der Waals surface area (Å²) in [7, 11) is 1.63. The number of carbonyl (C=O) groups excluding carboxylic acids is 1. The fourth-order valence-corrected chi connectivity index (χ4v) is 3.66. The molecule has 1 heterocycles. The molecule has 7 heteroatoms. The summed E-state index contributed by atoms with van der Waals surface area (Å²) < 4.78 is 28.2. The number of alkyl halides is 1. The van der Waals surface area contributed by atoms with Gasteiger partial charge in [-0.1, -0.05) is 30.0 Å². The predicted molar refractivity (Wildman–Crippen MR) is 106 cm³/mol. The third kappa shape index (κ3) is 4.53. The molecule has 1 aromatic heterocycles. The maximum atomic E-state index is 15.7. The second-order valence-electron chi connectivity index (χ2n) is 6.45. The molecule has 144 valence electrons. The van der Waals surface area contributed by atoms with Crippen LogP contribution in [0.1, 0.15) is 37.9 Å². The van der Waals surface area contributed by atoms with Crippen molar-refractivity contribution in [2.75, 3.05) is 7.05 Å². The van der Waals surface area contributed by atoms with Crippen molar-refractivity contribution in [3.63, 3.8) is 0 Å². The Hall–Kier alpha value is -2.28. The summed E-state index contributed by atoms with van der Waals surface area (Å²) in [4.78, 5) is 20.2. The smallest absolute Gasteiger partial charge is 0.157 e. The van der Waals surface area contributed by atoms with Crippen molar-refractivity contribution >= 4 is 23.2 Å². The van der Waals surface area contributed by atoms with E-state index < -0.39 is 16.5 Å². The Balaban J connectivity index is 2.34. The van der Waals surface area contributed by atoms with Crippen molar-refractivity contribution in [2.24, 2.45) is 4.99 Å². The SMILES string of the molecule is CNC(=N[C@@H](C)c1ccccc1F)SC(C)(C=O)C(C)(F)c1ccncc1. The molecule has 0 aliphatic heterocycles. The number of amidine groups is 1. The number of pyridine rings is 1. The molecule has 0 aliphatic rings. The number of carbonyl (C=O) groups is 1. The quantitative estimate of drug-likeness (QED) is 0.450. The van der Waals surface area contributed by atoms with Crippen LogP contribution < -0.4 is 5.32 Å². The number of rotatable bonds is 6. The van der Waals surface area contributed by atoms with Crippen LogP contribution in [0, 0.1) is 5.82 Å². The minimum atomic E-state index is -1.97. The number of aldehydes is 1. The molecule has 2 aromatic rings. The van der Waals surface area contributed by atoms with Gasteiger partial charge in [0.25, 0.3) is 0 Å². The number of hydrogen-bond acceptors (Lipinski definition) is 4. The van der Waals surface area contributed by atoms with Gasteiger partial charge in [-0.3, -0.25) is 9.98 Å². The highest BCUT2D eigenvalue weighted by Crippen LogP contribution is 2.44. The minimum absolute atomic E-state index is 0.345. The summed E-state index contributed by atoms with van der Waals surface area (Å²) in [5.41, 5.74) is -1.20. The lowest BCUT2D eigenvalue weighted by Gasteiger charge is -2.36. The lowest BCUT2D eigenvalue weighted by molar-refractivity contribution is -0.112. The van der Waals surface area contributed by atoms with Crippen LogP contribution in [0.3, 0.4) is 0 Å². The van der Waals surface area contributed by atoms with E-state index in [1.54, 1.807) is 44.3 Å². The molecular weight excluding hydrogens is 368 g/mol. The van der Waals surface area contributed by atoms with Crippen LogP contribution in [0.15, 0.2) is 53.8 Å². The van der Waals surface area contributed by atoms with E-state index in [9.17, 15) is 9.18 Å². The summed E-state index contributed by atoms with van der Waals surface area (Å²) in [6.45, 7) is 4.62. The largest absolute Gasteiger partial charge is 0.368 e. The fraction of sp³-hybridized carbons (Fsp3) is 0.350. The number of nitrogens with zero attached hydrogens (tertiary/aromatic N) is 2. The van der Waals surface area contributed by atoms with Gasteiger partial charge in [0, 0.05) is 25.0 Å². The Morgan fingerprint density at radius 2 is 1.89 bits per heavy atom. The lowest BCUT2D eigenvalue weighted by atomic mass is 9.86. The molecule has 0 saturated carbocycles. The third-order valence-electron chi connectivity index (χ3n) is 4.57. The Morgan fingerprint density at radius 3 is 2.44 bits per heavy atom. The molecule has 2 unspecified atom stereocenters. The first-order valence-electron chi connectivity index (χ1n) is 8.50. The Morgan fingerprint density at radius 1 is 1.26 bits per heavy atom. The van der Waals surface area contributed by atoms with Gasteiger partial charge < -0.3 is 10.1 Å². The predicted octanol–water partition coefficient (Wildman–Crippen LogP) is 4.43. The van der Waals surface area contributed by atoms with E-state index in [0.29, 0.717) is 22.6 Å². The van der Waals surface area contributed by atoms with Crippen LogP contribution in [-0.2, 0) is 10.5 Å². The number of aromatic nitrogens is 1.